The third kappa shape index (κ3) is 52.0. The molecule has 0 aromatic heterocycles. The molecular formula is C88H158N2Pd. The second kappa shape index (κ2) is 68.1. The van der Waals surface area contributed by atoms with Crippen LogP contribution in [0.3, 0.4) is 0 Å². The Morgan fingerprint density at radius 2 is 0.495 bits per heavy atom. The van der Waals surface area contributed by atoms with Crippen LogP contribution in [0, 0.1) is 0 Å². The van der Waals surface area contributed by atoms with Crippen molar-refractivity contribution in [2.45, 2.75) is 462 Å². The summed E-state index contributed by atoms with van der Waals surface area (Å²) in [5, 5.41) is 0. The van der Waals surface area contributed by atoms with Gasteiger partial charge in [-0.05, 0) is 73.9 Å². The molecule has 91 heavy (non-hydrogen) atoms. The number of hydrogen-bond acceptors (Lipinski definition) is 0. The zero-order valence-corrected chi connectivity index (χ0v) is 63.8. The predicted molar refractivity (Wildman–Crippen MR) is 408 cm³/mol. The standard InChI is InChI=1S/2C30H61.C28H36N2.Pd/c2*1-3-5-7-9-11-13-15-17-19-21-23-25-27-29-30-28-26-24-22-20-18-16-14-12-10-8-6-4-2;1-4-7-12-22-14-10-17-24(19-22)27-21-26(16-9-6-3)28(30(27)29)25-18-11-15-23(20-25)13-8-5-2;/h2*1,3-30H2,2H3;10-11,14-15,17-21H,4-9,12-13,16H2,1-3H3;. The van der Waals surface area contributed by atoms with E-state index >= 15 is 0 Å². The minimum atomic E-state index is 0.897. The Bertz CT molecular complexity index is 1850. The summed E-state index contributed by atoms with van der Waals surface area (Å²) in [6.45, 7) is 11.3. The van der Waals surface area contributed by atoms with Gasteiger partial charge in [0, 0.05) is 22.8 Å². The summed E-state index contributed by atoms with van der Waals surface area (Å²) in [7, 11) is 0. The first-order valence-electron chi connectivity index (χ1n) is 41.7. The summed E-state index contributed by atoms with van der Waals surface area (Å²) >= 11 is 1.05. The van der Waals surface area contributed by atoms with Crippen molar-refractivity contribution in [2.24, 2.45) is 0 Å². The zero-order chi connectivity index (χ0) is 65.1. The van der Waals surface area contributed by atoms with E-state index in [0.29, 0.717) is 0 Å². The molecule has 0 saturated heterocycles. The molecule has 0 aliphatic carbocycles. The number of allylic oxidation sites excluding steroid dienone is 2. The van der Waals surface area contributed by atoms with E-state index in [1.165, 1.54) is 407 Å². The first-order chi connectivity index (χ1) is 45.1. The van der Waals surface area contributed by atoms with Crippen molar-refractivity contribution in [2.75, 3.05) is 0 Å². The third-order valence-electron chi connectivity index (χ3n) is 20.1. The smallest absolute Gasteiger partial charge is 0.0654 e. The summed E-state index contributed by atoms with van der Waals surface area (Å²) in [5.74, 6) is 0. The Kier molecular flexibility index (Phi) is 63.8. The normalized spacial score (nSPS) is 12.5. The van der Waals surface area contributed by atoms with Gasteiger partial charge in [-0.25, -0.2) is 4.70 Å². The minimum absolute atomic E-state index is 0.897. The molecule has 1 heterocycles. The fraction of sp³-hybridized carbons (Fsp3) is 0.818. The van der Waals surface area contributed by atoms with Gasteiger partial charge in [0.15, 0.2) is 0 Å². The van der Waals surface area contributed by atoms with E-state index < -0.39 is 0 Å². The first kappa shape index (κ1) is 85.3. The first-order valence-corrected chi connectivity index (χ1v) is 43.9. The molecule has 0 spiro atoms. The second-order valence-electron chi connectivity index (χ2n) is 29.0. The van der Waals surface area contributed by atoms with E-state index in [-0.39, 0.29) is 0 Å². The van der Waals surface area contributed by atoms with Crippen LogP contribution in [0.2, 0.25) is 9.79 Å². The average molecular weight is 1350 g/mol. The fourth-order valence-electron chi connectivity index (χ4n) is 13.9. The molecule has 530 valence electrons. The second-order valence-corrected chi connectivity index (χ2v) is 31.3. The molecule has 0 N–H and O–H groups in total. The van der Waals surface area contributed by atoms with E-state index in [4.69, 9.17) is 0 Å². The van der Waals surface area contributed by atoms with Crippen LogP contribution in [-0.2, 0) is 30.8 Å². The van der Waals surface area contributed by atoms with Gasteiger partial charge >= 0.3 is 169 Å². The maximum atomic E-state index is 11.3. The number of nitrogens with zero attached hydrogens (tertiary/aromatic N) is 2. The van der Waals surface area contributed by atoms with Gasteiger partial charge in [-0.1, -0.05) is 296 Å². The van der Waals surface area contributed by atoms with Gasteiger partial charge in [0.2, 0.25) is 11.4 Å². The van der Waals surface area contributed by atoms with Gasteiger partial charge in [-0.2, -0.15) is 0 Å². The van der Waals surface area contributed by atoms with Crippen LogP contribution in [0.15, 0.2) is 60.2 Å². The molecule has 0 unspecified atom stereocenters. The van der Waals surface area contributed by atoms with Gasteiger partial charge in [0.25, 0.3) is 0 Å². The summed E-state index contributed by atoms with van der Waals surface area (Å²) in [6.07, 6.45) is 95.9. The van der Waals surface area contributed by atoms with Crippen LogP contribution in [-0.4, -0.2) is 4.70 Å². The molecule has 0 atom stereocenters. The summed E-state index contributed by atoms with van der Waals surface area (Å²) < 4.78 is 1.43. The van der Waals surface area contributed by atoms with Crippen molar-refractivity contribution in [1.29, 1.82) is 0 Å². The van der Waals surface area contributed by atoms with Gasteiger partial charge in [-0.3, -0.25) is 0 Å². The number of aryl methyl sites for hydroxylation is 2. The molecule has 0 bridgehead atoms. The van der Waals surface area contributed by atoms with Crippen LogP contribution < -0.4 is 0 Å². The predicted octanol–water partition coefficient (Wildman–Crippen LogP) is 32.2. The Morgan fingerprint density at radius 1 is 0.264 bits per heavy atom. The summed E-state index contributed by atoms with van der Waals surface area (Å²) in [4.78, 5) is 3.10. The van der Waals surface area contributed by atoms with Gasteiger partial charge < -0.3 is 5.53 Å². The average Bonchev–Trinajstić information content (AvgIpc) is 1.72. The van der Waals surface area contributed by atoms with Crippen molar-refractivity contribution in [3.8, 4) is 0 Å². The molecule has 0 amide bonds. The van der Waals surface area contributed by atoms with Gasteiger partial charge in [0.1, 0.15) is 0 Å². The molecule has 0 fully saturated rings. The Hall–Kier alpha value is -1.82. The van der Waals surface area contributed by atoms with E-state index in [1.54, 1.807) is 9.79 Å². The van der Waals surface area contributed by atoms with E-state index in [9.17, 15) is 5.53 Å². The molecule has 3 rings (SSSR count). The molecule has 0 radical (unpaired) electrons. The molecule has 3 heteroatoms. The zero-order valence-electron chi connectivity index (χ0n) is 62.3. The van der Waals surface area contributed by atoms with E-state index in [2.05, 4.69) is 89.2 Å². The number of unbranched alkanes of at least 4 members (excludes halogenated alkanes) is 57. The van der Waals surface area contributed by atoms with Crippen molar-refractivity contribution >= 4 is 11.4 Å². The number of hydrogen-bond donors (Lipinski definition) is 0. The third-order valence-corrected chi connectivity index (χ3v) is 22.3. The molecule has 2 aromatic carbocycles. The Labute approximate surface area is 580 Å². The van der Waals surface area contributed by atoms with Crippen molar-refractivity contribution < 1.29 is 22.7 Å². The molecule has 2 aromatic rings. The summed E-state index contributed by atoms with van der Waals surface area (Å²) in [6, 6.07) is 17.4. The fourth-order valence-corrected chi connectivity index (χ4v) is 15.8. The number of benzene rings is 2. The summed E-state index contributed by atoms with van der Waals surface area (Å²) in [5.41, 5.74) is 19.3. The number of rotatable bonds is 69. The van der Waals surface area contributed by atoms with E-state index in [1.807, 2.05) is 0 Å². The molecular weight excluding hydrogens is 1190 g/mol. The Morgan fingerprint density at radius 3 is 0.769 bits per heavy atom. The van der Waals surface area contributed by atoms with Crippen LogP contribution in [0.1, 0.15) is 461 Å². The quantitative estimate of drug-likeness (QED) is 0.0358. The molecule has 2 nitrogen and oxygen atoms in total. The van der Waals surface area contributed by atoms with Crippen LogP contribution in [0.4, 0.5) is 0 Å². The monoisotopic (exact) mass is 1350 g/mol. The Balaban J connectivity index is 0.000000774. The maximum absolute atomic E-state index is 11.3. The van der Waals surface area contributed by atoms with Gasteiger partial charge in [0.05, 0.1) is 0 Å². The van der Waals surface area contributed by atoms with Crippen LogP contribution >= 0.6 is 0 Å². The van der Waals surface area contributed by atoms with Crippen molar-refractivity contribution in [3.05, 3.63) is 88.0 Å². The van der Waals surface area contributed by atoms with Crippen LogP contribution in [0.5, 0.6) is 0 Å². The van der Waals surface area contributed by atoms with Crippen molar-refractivity contribution in [1.82, 2.24) is 0 Å². The topological polar surface area (TPSA) is 25.3 Å². The molecule has 1 aliphatic rings. The molecule has 1 aliphatic heterocycles. The van der Waals surface area contributed by atoms with Gasteiger partial charge in [-0.15, -0.1) is 0 Å². The van der Waals surface area contributed by atoms with Crippen LogP contribution in [0.25, 0.3) is 16.9 Å². The minimum Gasteiger partial charge on any atom is -0.0654 e. The molecule has 0 saturated carbocycles. The van der Waals surface area contributed by atoms with Crippen molar-refractivity contribution in [3.63, 3.8) is 0 Å². The SMILES string of the molecule is CCCCC1=C(c2cccc(CCCC)c2)[N+](=[N-])C(c2cccc(CCCC)c2)=C1.CCCCCCCCCCCCCCCCCCCCCCCCCCCCC[CH2][Pd][CH2]CCCCCCCCCCCCCCCCCCCCCCCCCCCCC. The van der Waals surface area contributed by atoms with E-state index in [0.717, 1.165) is 72.6 Å².